The highest BCUT2D eigenvalue weighted by Gasteiger charge is 2.41. The molecule has 112 valence electrons. The molecule has 0 spiro atoms. The number of nitrogens with zero attached hydrogens (tertiary/aromatic N) is 2. The van der Waals surface area contributed by atoms with Crippen LogP contribution in [0.5, 0.6) is 0 Å². The van der Waals surface area contributed by atoms with E-state index < -0.39 is 12.1 Å². The van der Waals surface area contributed by atoms with Gasteiger partial charge in [-0.25, -0.2) is 0 Å². The van der Waals surface area contributed by atoms with Crippen molar-refractivity contribution in [3.8, 4) is 0 Å². The highest BCUT2D eigenvalue weighted by molar-refractivity contribution is 5.56. The molecule has 0 radical (unpaired) electrons. The minimum Gasteiger partial charge on any atom is -0.371 e. The first kappa shape index (κ1) is 15.1. The van der Waals surface area contributed by atoms with E-state index in [4.69, 9.17) is 5.73 Å². The molecule has 0 bridgehead atoms. The molecule has 0 amide bonds. The van der Waals surface area contributed by atoms with Gasteiger partial charge < -0.3 is 10.6 Å². The fourth-order valence-corrected chi connectivity index (χ4v) is 2.82. The summed E-state index contributed by atoms with van der Waals surface area (Å²) in [7, 11) is 0. The number of nitrogens with two attached hydrogens (primary N) is 1. The minimum absolute atomic E-state index is 0.147. The minimum atomic E-state index is -4.08. The summed E-state index contributed by atoms with van der Waals surface area (Å²) in [6.45, 7) is 4.97. The Labute approximate surface area is 117 Å². The SMILES string of the molecule is Cc1cc(N2CCC(C(F)(F)F)CC2)c(CN)c(C)n1. The Hall–Kier alpha value is -1.30. The van der Waals surface area contributed by atoms with Gasteiger partial charge in [0.1, 0.15) is 0 Å². The Morgan fingerprint density at radius 2 is 1.90 bits per heavy atom. The first-order valence-electron chi connectivity index (χ1n) is 6.81. The molecule has 1 saturated heterocycles. The zero-order valence-electron chi connectivity index (χ0n) is 11.8. The molecular weight excluding hydrogens is 267 g/mol. The second kappa shape index (κ2) is 5.60. The second-order valence-electron chi connectivity index (χ2n) is 5.35. The third-order valence-electron chi connectivity index (χ3n) is 3.94. The molecule has 3 nitrogen and oxygen atoms in total. The van der Waals surface area contributed by atoms with Crippen LogP contribution in [0.25, 0.3) is 0 Å². The van der Waals surface area contributed by atoms with Crippen LogP contribution in [0, 0.1) is 19.8 Å². The fraction of sp³-hybridized carbons (Fsp3) is 0.643. The van der Waals surface area contributed by atoms with Gasteiger partial charge in [0.15, 0.2) is 0 Å². The Bertz CT molecular complexity index is 477. The highest BCUT2D eigenvalue weighted by Crippen LogP contribution is 2.36. The Morgan fingerprint density at radius 1 is 1.30 bits per heavy atom. The number of anilines is 1. The normalized spacial score (nSPS) is 17.6. The molecule has 1 aliphatic rings. The topological polar surface area (TPSA) is 42.1 Å². The molecule has 1 aliphatic heterocycles. The summed E-state index contributed by atoms with van der Waals surface area (Å²) in [5.41, 5.74) is 9.36. The second-order valence-corrected chi connectivity index (χ2v) is 5.35. The lowest BCUT2D eigenvalue weighted by Crippen LogP contribution is -2.39. The van der Waals surface area contributed by atoms with E-state index in [1.165, 1.54) is 0 Å². The number of hydrogen-bond donors (Lipinski definition) is 1. The van der Waals surface area contributed by atoms with Gasteiger partial charge in [0.25, 0.3) is 0 Å². The first-order valence-corrected chi connectivity index (χ1v) is 6.81. The zero-order chi connectivity index (χ0) is 14.9. The molecule has 2 rings (SSSR count). The predicted octanol–water partition coefficient (Wildman–Crippen LogP) is 2.94. The van der Waals surface area contributed by atoms with E-state index in [2.05, 4.69) is 4.98 Å². The summed E-state index contributed by atoms with van der Waals surface area (Å²) in [5, 5.41) is 0. The summed E-state index contributed by atoms with van der Waals surface area (Å²) in [5.74, 6) is -1.18. The van der Waals surface area contributed by atoms with E-state index >= 15 is 0 Å². The summed E-state index contributed by atoms with van der Waals surface area (Å²) in [6.07, 6.45) is -3.78. The fourth-order valence-electron chi connectivity index (χ4n) is 2.82. The van der Waals surface area contributed by atoms with Crippen molar-refractivity contribution < 1.29 is 13.2 Å². The molecule has 0 aliphatic carbocycles. The lowest BCUT2D eigenvalue weighted by atomic mass is 9.95. The van der Waals surface area contributed by atoms with Crippen LogP contribution in [0.4, 0.5) is 18.9 Å². The maximum absolute atomic E-state index is 12.7. The van der Waals surface area contributed by atoms with Crippen molar-refractivity contribution in [2.24, 2.45) is 11.7 Å². The average molecular weight is 287 g/mol. The van der Waals surface area contributed by atoms with Gasteiger partial charge in [0.05, 0.1) is 5.92 Å². The highest BCUT2D eigenvalue weighted by atomic mass is 19.4. The third kappa shape index (κ3) is 3.06. The van der Waals surface area contributed by atoms with Crippen molar-refractivity contribution in [3.63, 3.8) is 0 Å². The Morgan fingerprint density at radius 3 is 2.40 bits per heavy atom. The maximum Gasteiger partial charge on any atom is 0.391 e. The van der Waals surface area contributed by atoms with Gasteiger partial charge in [-0.05, 0) is 32.8 Å². The molecule has 0 atom stereocenters. The molecule has 1 aromatic rings. The Balaban J connectivity index is 2.19. The molecule has 2 heterocycles. The lowest BCUT2D eigenvalue weighted by molar-refractivity contribution is -0.179. The number of aromatic nitrogens is 1. The molecule has 0 saturated carbocycles. The summed E-state index contributed by atoms with van der Waals surface area (Å²) >= 11 is 0. The van der Waals surface area contributed by atoms with Crippen molar-refractivity contribution in [1.29, 1.82) is 0 Å². The standard InChI is InChI=1S/C14H20F3N3/c1-9-7-13(12(8-18)10(2)19-9)20-5-3-11(4-6-20)14(15,16)17/h7,11H,3-6,8,18H2,1-2H3. The van der Waals surface area contributed by atoms with E-state index in [0.29, 0.717) is 19.6 Å². The quantitative estimate of drug-likeness (QED) is 0.909. The smallest absolute Gasteiger partial charge is 0.371 e. The number of piperidine rings is 1. The number of aryl methyl sites for hydroxylation is 2. The molecule has 0 unspecified atom stereocenters. The van der Waals surface area contributed by atoms with Crippen molar-refractivity contribution in [1.82, 2.24) is 4.98 Å². The lowest BCUT2D eigenvalue weighted by Gasteiger charge is -2.35. The molecule has 2 N–H and O–H groups in total. The molecule has 1 aromatic heterocycles. The van der Waals surface area contributed by atoms with Gasteiger partial charge >= 0.3 is 6.18 Å². The number of pyridine rings is 1. The monoisotopic (exact) mass is 287 g/mol. The van der Waals surface area contributed by atoms with E-state index in [0.717, 1.165) is 22.6 Å². The van der Waals surface area contributed by atoms with Crippen LogP contribution in [0.2, 0.25) is 0 Å². The van der Waals surface area contributed by atoms with Gasteiger partial charge in [0, 0.05) is 42.3 Å². The molecule has 0 aromatic carbocycles. The van der Waals surface area contributed by atoms with Gasteiger partial charge in [-0.1, -0.05) is 0 Å². The van der Waals surface area contributed by atoms with Crippen LogP contribution in [-0.4, -0.2) is 24.2 Å². The van der Waals surface area contributed by atoms with Crippen LogP contribution in [0.1, 0.15) is 29.8 Å². The number of rotatable bonds is 2. The van der Waals surface area contributed by atoms with Crippen LogP contribution in [-0.2, 0) is 6.54 Å². The van der Waals surface area contributed by atoms with Gasteiger partial charge in [-0.15, -0.1) is 0 Å². The molecule has 1 fully saturated rings. The first-order chi connectivity index (χ1) is 9.32. The number of hydrogen-bond acceptors (Lipinski definition) is 3. The molecule has 6 heteroatoms. The van der Waals surface area contributed by atoms with E-state index in [1.54, 1.807) is 0 Å². The van der Waals surface area contributed by atoms with Gasteiger partial charge in [-0.3, -0.25) is 4.98 Å². The van der Waals surface area contributed by atoms with Crippen LogP contribution in [0.15, 0.2) is 6.07 Å². The number of alkyl halides is 3. The Kier molecular flexibility index (Phi) is 4.22. The zero-order valence-corrected chi connectivity index (χ0v) is 11.8. The largest absolute Gasteiger partial charge is 0.391 e. The van der Waals surface area contributed by atoms with Crippen molar-refractivity contribution in [2.45, 2.75) is 39.4 Å². The van der Waals surface area contributed by atoms with Crippen LogP contribution in [0.3, 0.4) is 0 Å². The summed E-state index contributed by atoms with van der Waals surface area (Å²) in [4.78, 5) is 6.37. The van der Waals surface area contributed by atoms with Gasteiger partial charge in [-0.2, -0.15) is 13.2 Å². The third-order valence-corrected chi connectivity index (χ3v) is 3.94. The van der Waals surface area contributed by atoms with Crippen LogP contribution < -0.4 is 10.6 Å². The van der Waals surface area contributed by atoms with Gasteiger partial charge in [0.2, 0.25) is 0 Å². The van der Waals surface area contributed by atoms with Crippen molar-refractivity contribution in [2.75, 3.05) is 18.0 Å². The van der Waals surface area contributed by atoms with E-state index in [-0.39, 0.29) is 12.8 Å². The molecule has 20 heavy (non-hydrogen) atoms. The predicted molar refractivity (Wildman–Crippen MR) is 72.6 cm³/mol. The summed E-state index contributed by atoms with van der Waals surface area (Å²) in [6, 6.07) is 1.92. The molecular formula is C14H20F3N3. The van der Waals surface area contributed by atoms with E-state index in [9.17, 15) is 13.2 Å². The number of halogens is 3. The van der Waals surface area contributed by atoms with Crippen LogP contribution >= 0.6 is 0 Å². The summed E-state index contributed by atoms with van der Waals surface area (Å²) < 4.78 is 38.1. The average Bonchev–Trinajstić information content (AvgIpc) is 2.37. The van der Waals surface area contributed by atoms with E-state index in [1.807, 2.05) is 24.8 Å². The van der Waals surface area contributed by atoms with Crippen molar-refractivity contribution >= 4 is 5.69 Å². The maximum atomic E-state index is 12.7. The van der Waals surface area contributed by atoms with Crippen molar-refractivity contribution in [3.05, 3.63) is 23.0 Å².